The number of rotatable bonds is 20. The summed E-state index contributed by atoms with van der Waals surface area (Å²) in [5.74, 6) is 0.319. The molecule has 6 aromatic rings. The Kier molecular flexibility index (Phi) is 15.3. The second-order valence-corrected chi connectivity index (χ2v) is 17.7. The highest BCUT2D eigenvalue weighted by Crippen LogP contribution is 2.30. The third-order valence-corrected chi connectivity index (χ3v) is 11.7. The van der Waals surface area contributed by atoms with Gasteiger partial charge in [-0.15, -0.1) is 10.2 Å². The minimum absolute atomic E-state index is 0.0324. The third kappa shape index (κ3) is 11.8. The molecule has 0 unspecified atom stereocenters. The zero-order chi connectivity index (χ0) is 46.0. The molecule has 344 valence electrons. The first-order chi connectivity index (χ1) is 31.4. The van der Waals surface area contributed by atoms with Gasteiger partial charge in [-0.3, -0.25) is 19.2 Å². The molecule has 16 nitrogen and oxygen atoms in total. The topological polar surface area (TPSA) is 209 Å². The Hall–Kier alpha value is -6.52. The predicted octanol–water partition coefficient (Wildman–Crippen LogP) is 5.17. The van der Waals surface area contributed by atoms with Crippen LogP contribution in [0.3, 0.4) is 0 Å². The molecule has 16 heteroatoms. The summed E-state index contributed by atoms with van der Waals surface area (Å²) in [6, 6.07) is 20.5. The van der Waals surface area contributed by atoms with E-state index in [0.717, 1.165) is 38.5 Å². The molecule has 7 N–H and O–H groups in total. The van der Waals surface area contributed by atoms with Crippen LogP contribution in [0.1, 0.15) is 87.9 Å². The number of aromatic amines is 2. The molecule has 1 aliphatic rings. The number of hydrogen-bond donors (Lipinski definition) is 7. The standard InChI is InChI=1S/C49H62N10O6/c1-29(2)21-42(53-31(5)60)47(61)56-43(22-30(3)4)48(62)54-40(23-33-25-51-38-13-9-7-11-36(33)38)45-57-58-46(59(45)28-32-15-17-35(64-6)18-16-32)41(55-49(63)44-27-50-19-20-65-44)24-34-26-52-39-14-10-8-12-37(34)39/h7-18,25-26,29-30,40-44,50-52H,19-24,27-28H2,1-6H3,(H,53,60)(H,54,62)(H,55,63)(H,56,61)/t40-,41-,42+,43+,44+/m1/s1. The number of methoxy groups -OCH3 is 1. The van der Waals surface area contributed by atoms with E-state index in [9.17, 15) is 19.2 Å². The molecule has 7 rings (SSSR count). The molecule has 3 aromatic heterocycles. The monoisotopic (exact) mass is 886 g/mol. The van der Waals surface area contributed by atoms with Crippen LogP contribution in [-0.4, -0.2) is 93.4 Å². The molecule has 4 amide bonds. The molecule has 0 saturated carbocycles. The maximum absolute atomic E-state index is 14.8. The lowest BCUT2D eigenvalue weighted by Crippen LogP contribution is -2.54. The molecule has 3 aromatic carbocycles. The van der Waals surface area contributed by atoms with E-state index >= 15 is 0 Å². The number of para-hydroxylation sites is 2. The lowest BCUT2D eigenvalue weighted by atomic mass is 9.99. The normalized spacial score (nSPS) is 16.0. The molecule has 1 fully saturated rings. The number of aromatic nitrogens is 5. The maximum atomic E-state index is 14.8. The molecule has 0 spiro atoms. The molecule has 0 bridgehead atoms. The van der Waals surface area contributed by atoms with E-state index in [0.29, 0.717) is 62.8 Å². The minimum atomic E-state index is -0.938. The third-order valence-electron chi connectivity index (χ3n) is 11.7. The number of nitrogens with one attached hydrogen (secondary N) is 7. The number of H-pyrrole nitrogens is 2. The van der Waals surface area contributed by atoms with Crippen LogP contribution in [0.5, 0.6) is 5.75 Å². The molecule has 5 atom stereocenters. The maximum Gasteiger partial charge on any atom is 0.251 e. The summed E-state index contributed by atoms with van der Waals surface area (Å²) >= 11 is 0. The number of benzene rings is 3. The van der Waals surface area contributed by atoms with Gasteiger partial charge in [-0.2, -0.15) is 0 Å². The van der Waals surface area contributed by atoms with Gasteiger partial charge in [0.25, 0.3) is 5.91 Å². The van der Waals surface area contributed by atoms with Gasteiger partial charge in [0.1, 0.15) is 23.9 Å². The fourth-order valence-corrected chi connectivity index (χ4v) is 8.57. The fourth-order valence-electron chi connectivity index (χ4n) is 8.57. The molecule has 1 aliphatic heterocycles. The van der Waals surface area contributed by atoms with Gasteiger partial charge in [-0.25, -0.2) is 0 Å². The molecular formula is C49H62N10O6. The van der Waals surface area contributed by atoms with Crippen molar-refractivity contribution < 1.29 is 28.7 Å². The van der Waals surface area contributed by atoms with Crippen molar-refractivity contribution >= 4 is 45.4 Å². The van der Waals surface area contributed by atoms with E-state index in [2.05, 4.69) is 36.6 Å². The van der Waals surface area contributed by atoms with Crippen molar-refractivity contribution in [1.82, 2.24) is 51.3 Å². The molecule has 0 aliphatic carbocycles. The van der Waals surface area contributed by atoms with Gasteiger partial charge in [0, 0.05) is 67.1 Å². The SMILES string of the molecule is COc1ccc(Cn2c([C@@H](Cc3c[nH]c4ccccc34)NC(=O)[C@H](CC(C)C)NC(=O)[C@H](CC(C)C)NC(C)=O)nnc2[C@@H](Cc2c[nH]c3ccccc23)NC(=O)[C@@H]2CNCCO2)cc1. The molecule has 4 heterocycles. The van der Waals surface area contributed by atoms with Gasteiger partial charge < -0.3 is 50.6 Å². The van der Waals surface area contributed by atoms with Crippen LogP contribution in [0.25, 0.3) is 21.8 Å². The van der Waals surface area contributed by atoms with Crippen LogP contribution in [0.4, 0.5) is 0 Å². The van der Waals surface area contributed by atoms with Crippen molar-refractivity contribution in [2.45, 2.75) is 97.1 Å². The zero-order valence-electron chi connectivity index (χ0n) is 38.1. The van der Waals surface area contributed by atoms with Gasteiger partial charge in [-0.1, -0.05) is 76.2 Å². The average Bonchev–Trinajstić information content (AvgIpc) is 4.02. The average molecular weight is 887 g/mol. The largest absolute Gasteiger partial charge is 0.497 e. The van der Waals surface area contributed by atoms with Crippen LogP contribution in [-0.2, 0) is 43.3 Å². The molecule has 1 saturated heterocycles. The highest BCUT2D eigenvalue weighted by Gasteiger charge is 2.34. The van der Waals surface area contributed by atoms with Crippen molar-refractivity contribution in [3.8, 4) is 5.75 Å². The Balaban J connectivity index is 1.33. The first-order valence-corrected chi connectivity index (χ1v) is 22.5. The fraction of sp³-hybridized carbons (Fsp3) is 0.429. The van der Waals surface area contributed by atoms with Crippen LogP contribution in [0.2, 0.25) is 0 Å². The molecular weight excluding hydrogens is 825 g/mol. The Morgan fingerprint density at radius 3 is 1.80 bits per heavy atom. The molecule has 65 heavy (non-hydrogen) atoms. The van der Waals surface area contributed by atoms with Crippen molar-refractivity contribution in [2.24, 2.45) is 11.8 Å². The smallest absolute Gasteiger partial charge is 0.251 e. The van der Waals surface area contributed by atoms with E-state index in [1.54, 1.807) is 7.11 Å². The van der Waals surface area contributed by atoms with Crippen molar-refractivity contribution in [3.63, 3.8) is 0 Å². The Labute approximate surface area is 379 Å². The summed E-state index contributed by atoms with van der Waals surface area (Å²) < 4.78 is 13.4. The van der Waals surface area contributed by atoms with Crippen molar-refractivity contribution in [1.29, 1.82) is 0 Å². The zero-order valence-corrected chi connectivity index (χ0v) is 38.1. The second kappa shape index (κ2) is 21.4. The highest BCUT2D eigenvalue weighted by molar-refractivity contribution is 5.92. The van der Waals surface area contributed by atoms with Crippen LogP contribution in [0.15, 0.2) is 85.2 Å². The highest BCUT2D eigenvalue weighted by atomic mass is 16.5. The summed E-state index contributed by atoms with van der Waals surface area (Å²) in [5, 5.41) is 27.4. The van der Waals surface area contributed by atoms with Crippen LogP contribution < -0.4 is 31.3 Å². The quantitative estimate of drug-likeness (QED) is 0.0539. The van der Waals surface area contributed by atoms with E-state index in [-0.39, 0.29) is 30.2 Å². The number of nitrogens with zero attached hydrogens (tertiary/aromatic N) is 3. The van der Waals surface area contributed by atoms with Crippen LogP contribution in [0, 0.1) is 11.8 Å². The first kappa shape index (κ1) is 46.5. The Bertz CT molecular complexity index is 2550. The van der Waals surface area contributed by atoms with Gasteiger partial charge >= 0.3 is 0 Å². The van der Waals surface area contributed by atoms with E-state index in [4.69, 9.17) is 19.7 Å². The summed E-state index contributed by atoms with van der Waals surface area (Å²) in [6.45, 7) is 11.0. The summed E-state index contributed by atoms with van der Waals surface area (Å²) in [5.41, 5.74) is 4.71. The van der Waals surface area contributed by atoms with Gasteiger partial charge in [0.15, 0.2) is 11.6 Å². The second-order valence-electron chi connectivity index (χ2n) is 17.7. The number of morpholine rings is 1. The molecule has 0 radical (unpaired) electrons. The first-order valence-electron chi connectivity index (χ1n) is 22.5. The van der Waals surface area contributed by atoms with E-state index in [1.807, 2.05) is 117 Å². The number of carbonyl (C=O) groups is 4. The van der Waals surface area contributed by atoms with Gasteiger partial charge in [0.2, 0.25) is 17.7 Å². The summed E-state index contributed by atoms with van der Waals surface area (Å²) in [4.78, 5) is 61.7. The lowest BCUT2D eigenvalue weighted by molar-refractivity contribution is -0.135. The summed E-state index contributed by atoms with van der Waals surface area (Å²) in [6.07, 6.45) is 4.60. The van der Waals surface area contributed by atoms with Crippen LogP contribution >= 0.6 is 0 Å². The Morgan fingerprint density at radius 2 is 1.28 bits per heavy atom. The van der Waals surface area contributed by atoms with Gasteiger partial charge in [0.05, 0.1) is 32.3 Å². The Morgan fingerprint density at radius 1 is 0.738 bits per heavy atom. The minimum Gasteiger partial charge on any atom is -0.497 e. The summed E-state index contributed by atoms with van der Waals surface area (Å²) in [7, 11) is 1.62. The lowest BCUT2D eigenvalue weighted by Gasteiger charge is -2.28. The van der Waals surface area contributed by atoms with E-state index < -0.39 is 42.1 Å². The van der Waals surface area contributed by atoms with Crippen molar-refractivity contribution in [3.05, 3.63) is 114 Å². The number of carbonyl (C=O) groups excluding carboxylic acids is 4. The number of hydrogen-bond acceptors (Lipinski definition) is 9. The van der Waals surface area contributed by atoms with Crippen molar-refractivity contribution in [2.75, 3.05) is 26.8 Å². The number of fused-ring (bicyclic) bond motifs is 2. The number of amides is 4. The predicted molar refractivity (Wildman–Crippen MR) is 249 cm³/mol. The number of ether oxygens (including phenoxy) is 2. The van der Waals surface area contributed by atoms with E-state index in [1.165, 1.54) is 6.92 Å². The van der Waals surface area contributed by atoms with Gasteiger partial charge in [-0.05, 0) is 65.6 Å².